The third kappa shape index (κ3) is 2.97. The molecule has 0 amide bonds. The molecule has 124 valence electrons. The summed E-state index contributed by atoms with van der Waals surface area (Å²) in [5.41, 5.74) is 2.12. The maximum Gasteiger partial charge on any atom is 0.271 e. The fourth-order valence-corrected chi connectivity index (χ4v) is 3.87. The molecule has 3 rings (SSSR count). The highest BCUT2D eigenvalue weighted by Crippen LogP contribution is 2.28. The minimum absolute atomic E-state index is 0.170. The van der Waals surface area contributed by atoms with Crippen molar-refractivity contribution < 1.29 is 8.42 Å². The Balaban J connectivity index is 2.31. The lowest BCUT2D eigenvalue weighted by molar-refractivity contribution is 0.589. The van der Waals surface area contributed by atoms with Gasteiger partial charge in [0.2, 0.25) is 5.95 Å². The van der Waals surface area contributed by atoms with Crippen LogP contribution in [0, 0.1) is 6.92 Å². The van der Waals surface area contributed by atoms with Gasteiger partial charge >= 0.3 is 0 Å². The Kier molecular flexibility index (Phi) is 4.47. The molecule has 0 atom stereocenters. The Bertz CT molecular complexity index is 1020. The van der Waals surface area contributed by atoms with E-state index in [9.17, 15) is 8.42 Å². The normalized spacial score (nSPS) is 12.7. The topological polar surface area (TPSA) is 64.3 Å². The highest BCUT2D eigenvalue weighted by atomic mass is 32.2. The number of nitrogens with zero attached hydrogens (tertiary/aromatic N) is 3. The van der Waals surface area contributed by atoms with E-state index in [1.807, 2.05) is 26.2 Å². The second-order valence-corrected chi connectivity index (χ2v) is 8.10. The lowest BCUT2D eigenvalue weighted by Crippen LogP contribution is -2.13. The van der Waals surface area contributed by atoms with Crippen LogP contribution >= 0.6 is 11.8 Å². The van der Waals surface area contributed by atoms with Crippen molar-refractivity contribution >= 4 is 43.8 Å². The summed E-state index contributed by atoms with van der Waals surface area (Å²) in [6, 6.07) is 13.9. The Morgan fingerprint density at radius 1 is 1.12 bits per heavy atom. The molecule has 0 aliphatic heterocycles. The van der Waals surface area contributed by atoms with Gasteiger partial charge in [0.25, 0.3) is 10.0 Å². The number of benzene rings is 2. The fraction of sp³-hybridized carbons (Fsp3) is 0.176. The van der Waals surface area contributed by atoms with Crippen molar-refractivity contribution in [3.05, 3.63) is 54.1 Å². The van der Waals surface area contributed by atoms with Crippen LogP contribution < -0.4 is 0 Å². The van der Waals surface area contributed by atoms with Gasteiger partial charge in [0, 0.05) is 0 Å². The minimum atomic E-state index is -3.79. The molecule has 0 saturated heterocycles. The molecule has 24 heavy (non-hydrogen) atoms. The van der Waals surface area contributed by atoms with Crippen LogP contribution in [0.25, 0.3) is 11.0 Å². The van der Waals surface area contributed by atoms with E-state index in [0.29, 0.717) is 11.0 Å². The van der Waals surface area contributed by atoms with Gasteiger partial charge in [-0.15, -0.1) is 11.8 Å². The summed E-state index contributed by atoms with van der Waals surface area (Å²) in [4.78, 5) is 8.99. The molecule has 0 bridgehead atoms. The van der Waals surface area contributed by atoms with Crippen molar-refractivity contribution in [2.24, 2.45) is 4.99 Å². The van der Waals surface area contributed by atoms with E-state index < -0.39 is 10.0 Å². The zero-order valence-electron chi connectivity index (χ0n) is 13.6. The van der Waals surface area contributed by atoms with E-state index in [0.717, 1.165) is 10.6 Å². The molecular formula is C17H17N3O2S2. The molecule has 0 aliphatic rings. The minimum Gasteiger partial charge on any atom is -0.210 e. The van der Waals surface area contributed by atoms with Crippen molar-refractivity contribution in [3.8, 4) is 0 Å². The number of para-hydroxylation sites is 2. The summed E-state index contributed by atoms with van der Waals surface area (Å²) in [7, 11) is -3.79. The number of aryl methyl sites for hydroxylation is 1. The van der Waals surface area contributed by atoms with E-state index in [1.54, 1.807) is 42.5 Å². The Morgan fingerprint density at radius 2 is 1.79 bits per heavy atom. The Morgan fingerprint density at radius 3 is 2.46 bits per heavy atom. The quantitative estimate of drug-likeness (QED) is 0.524. The summed E-state index contributed by atoms with van der Waals surface area (Å²) in [6.07, 6.45) is 1.89. The van der Waals surface area contributed by atoms with Crippen molar-refractivity contribution in [1.29, 1.82) is 0 Å². The predicted octanol–water partition coefficient (Wildman–Crippen LogP) is 3.99. The number of hydrogen-bond acceptors (Lipinski definition) is 5. The van der Waals surface area contributed by atoms with E-state index in [2.05, 4.69) is 9.98 Å². The van der Waals surface area contributed by atoms with Gasteiger partial charge in [-0.3, -0.25) is 0 Å². The number of aliphatic imine (C=N–C) groups is 1. The number of hydrogen-bond donors (Lipinski definition) is 0. The molecule has 0 radical (unpaired) electrons. The van der Waals surface area contributed by atoms with Gasteiger partial charge in [0.1, 0.15) is 0 Å². The van der Waals surface area contributed by atoms with Crippen molar-refractivity contribution in [2.45, 2.75) is 18.7 Å². The molecular weight excluding hydrogens is 342 g/mol. The first-order chi connectivity index (χ1) is 11.4. The number of aromatic nitrogens is 2. The van der Waals surface area contributed by atoms with Gasteiger partial charge in [-0.2, -0.15) is 3.97 Å². The lowest BCUT2D eigenvalue weighted by Gasteiger charge is -2.09. The third-order valence-corrected chi connectivity index (χ3v) is 6.01. The van der Waals surface area contributed by atoms with Crippen LogP contribution in [-0.2, 0) is 10.0 Å². The zero-order chi connectivity index (χ0) is 17.3. The molecule has 0 spiro atoms. The van der Waals surface area contributed by atoms with Gasteiger partial charge in [0.05, 0.1) is 21.0 Å². The van der Waals surface area contributed by atoms with Gasteiger partial charge in [0.15, 0.2) is 0 Å². The van der Waals surface area contributed by atoms with E-state index in [1.165, 1.54) is 15.7 Å². The highest BCUT2D eigenvalue weighted by molar-refractivity contribution is 8.13. The highest BCUT2D eigenvalue weighted by Gasteiger charge is 2.24. The smallest absolute Gasteiger partial charge is 0.210 e. The molecule has 0 saturated carbocycles. The molecule has 0 unspecified atom stereocenters. The standard InChI is InChI=1S/C17H17N3O2S2/c1-12-8-10-14(11-9-12)24(21,22)20-16-7-5-4-6-15(16)19-17(20)18-13(2)23-3/h4-11H,1-3H3. The number of fused-ring (bicyclic) bond motifs is 1. The molecule has 0 fully saturated rings. The van der Waals surface area contributed by atoms with Gasteiger partial charge in [-0.25, -0.2) is 18.4 Å². The van der Waals surface area contributed by atoms with Gasteiger partial charge in [-0.1, -0.05) is 29.8 Å². The first-order valence-electron chi connectivity index (χ1n) is 7.32. The van der Waals surface area contributed by atoms with E-state index in [-0.39, 0.29) is 10.8 Å². The SMILES string of the molecule is CSC(C)=Nc1nc2ccccc2n1S(=O)(=O)c1ccc(C)cc1. The average molecular weight is 359 g/mol. The van der Waals surface area contributed by atoms with Crippen molar-refractivity contribution in [1.82, 2.24) is 8.96 Å². The number of rotatable bonds is 3. The van der Waals surface area contributed by atoms with Crippen LogP contribution in [-0.4, -0.2) is 28.7 Å². The van der Waals surface area contributed by atoms with Crippen molar-refractivity contribution in [3.63, 3.8) is 0 Å². The molecule has 0 aliphatic carbocycles. The van der Waals surface area contributed by atoms with E-state index >= 15 is 0 Å². The van der Waals surface area contributed by atoms with Crippen molar-refractivity contribution in [2.75, 3.05) is 6.26 Å². The summed E-state index contributed by atoms with van der Waals surface area (Å²) >= 11 is 1.45. The molecule has 3 aromatic rings. The molecule has 5 nitrogen and oxygen atoms in total. The predicted molar refractivity (Wildman–Crippen MR) is 99.8 cm³/mol. The molecule has 1 heterocycles. The van der Waals surface area contributed by atoms with Gasteiger partial charge < -0.3 is 0 Å². The molecule has 1 aromatic heterocycles. The molecule has 7 heteroatoms. The number of thioether (sulfide) groups is 1. The first-order valence-corrected chi connectivity index (χ1v) is 9.99. The maximum atomic E-state index is 13.2. The second-order valence-electron chi connectivity index (χ2n) is 5.32. The second kappa shape index (κ2) is 6.41. The monoisotopic (exact) mass is 359 g/mol. The van der Waals surface area contributed by atoms with Crippen LogP contribution in [0.2, 0.25) is 0 Å². The molecule has 0 N–H and O–H groups in total. The van der Waals surface area contributed by atoms with Crippen LogP contribution in [0.3, 0.4) is 0 Å². The Hall–Kier alpha value is -2.12. The maximum absolute atomic E-state index is 13.2. The lowest BCUT2D eigenvalue weighted by atomic mass is 10.2. The molecule has 2 aromatic carbocycles. The largest absolute Gasteiger partial charge is 0.271 e. The summed E-state index contributed by atoms with van der Waals surface area (Å²) < 4.78 is 27.5. The van der Waals surface area contributed by atoms with E-state index in [4.69, 9.17) is 0 Å². The Labute approximate surface area is 145 Å². The van der Waals surface area contributed by atoms with Crippen LogP contribution in [0.4, 0.5) is 5.95 Å². The van der Waals surface area contributed by atoms with Gasteiger partial charge in [-0.05, 0) is 44.4 Å². The van der Waals surface area contributed by atoms with Crippen LogP contribution in [0.5, 0.6) is 0 Å². The van der Waals surface area contributed by atoms with Crippen LogP contribution in [0.1, 0.15) is 12.5 Å². The summed E-state index contributed by atoms with van der Waals surface area (Å²) in [5.74, 6) is 0.170. The zero-order valence-corrected chi connectivity index (χ0v) is 15.2. The first kappa shape index (κ1) is 16.7. The number of imidazole rings is 1. The summed E-state index contributed by atoms with van der Waals surface area (Å²) in [5, 5.41) is 0.741. The average Bonchev–Trinajstić information content (AvgIpc) is 2.93. The third-order valence-electron chi connectivity index (χ3n) is 3.61. The fourth-order valence-electron chi connectivity index (χ4n) is 2.30. The summed E-state index contributed by atoms with van der Waals surface area (Å²) in [6.45, 7) is 3.74. The van der Waals surface area contributed by atoms with Crippen LogP contribution in [0.15, 0.2) is 58.4 Å².